The van der Waals surface area contributed by atoms with Crippen LogP contribution in [0.25, 0.3) is 0 Å². The Kier molecular flexibility index (Phi) is 9.08. The van der Waals surface area contributed by atoms with E-state index in [2.05, 4.69) is 74.2 Å². The molecule has 4 N–H and O–H groups in total. The third-order valence-corrected chi connectivity index (χ3v) is 6.89. The van der Waals surface area contributed by atoms with Crippen LogP contribution in [0.15, 0.2) is 48.5 Å². The molecule has 30 heavy (non-hydrogen) atoms. The largest absolute Gasteiger partial charge is 0.333 e. The van der Waals surface area contributed by atoms with Gasteiger partial charge in [-0.05, 0) is 57.7 Å². The molecule has 0 spiro atoms. The quantitative estimate of drug-likeness (QED) is 0.690. The molecule has 0 bridgehead atoms. The Labute approximate surface area is 183 Å². The van der Waals surface area contributed by atoms with Crippen molar-refractivity contribution in [2.75, 3.05) is 13.6 Å². The lowest BCUT2D eigenvalue weighted by Gasteiger charge is -2.27. The van der Waals surface area contributed by atoms with E-state index in [0.29, 0.717) is 5.41 Å². The Morgan fingerprint density at radius 1 is 0.733 bits per heavy atom. The molecule has 2 saturated carbocycles. The summed E-state index contributed by atoms with van der Waals surface area (Å²) in [4.78, 5) is 0. The van der Waals surface area contributed by atoms with Gasteiger partial charge in [0.1, 0.15) is 0 Å². The van der Waals surface area contributed by atoms with Crippen molar-refractivity contribution in [2.45, 2.75) is 76.0 Å². The highest BCUT2D eigenvalue weighted by atomic mass is 14.6. The summed E-state index contributed by atoms with van der Waals surface area (Å²) in [6, 6.07) is 19.9. The summed E-state index contributed by atoms with van der Waals surface area (Å²) in [5.41, 5.74) is 15.8. The predicted molar refractivity (Wildman–Crippen MR) is 127 cm³/mol. The SMILES string of the molecule is CN.Cc1ccc(C2(C#N)CCCC2)cc1.Cc1ccc(C2(CN)CCCC2)cc1. The number of benzene rings is 2. The highest BCUT2D eigenvalue weighted by molar-refractivity contribution is 5.35. The van der Waals surface area contributed by atoms with Gasteiger partial charge in [-0.1, -0.05) is 85.3 Å². The summed E-state index contributed by atoms with van der Waals surface area (Å²) in [6.45, 7) is 5.01. The third-order valence-electron chi connectivity index (χ3n) is 6.89. The zero-order valence-electron chi connectivity index (χ0n) is 19.1. The highest BCUT2D eigenvalue weighted by Crippen LogP contribution is 2.41. The molecule has 2 aliphatic carbocycles. The third kappa shape index (κ3) is 5.50. The van der Waals surface area contributed by atoms with Crippen LogP contribution in [0.4, 0.5) is 0 Å². The van der Waals surface area contributed by atoms with Crippen molar-refractivity contribution >= 4 is 0 Å². The van der Waals surface area contributed by atoms with E-state index < -0.39 is 0 Å². The van der Waals surface area contributed by atoms with Gasteiger partial charge in [0.2, 0.25) is 0 Å². The molecular formula is C27H39N3. The van der Waals surface area contributed by atoms with Crippen LogP contribution in [0.2, 0.25) is 0 Å². The molecular weight excluding hydrogens is 366 g/mol. The Hall–Kier alpha value is -2.15. The second-order valence-electron chi connectivity index (χ2n) is 8.82. The second-order valence-corrected chi connectivity index (χ2v) is 8.82. The summed E-state index contributed by atoms with van der Waals surface area (Å²) in [6.07, 6.45) is 9.68. The van der Waals surface area contributed by atoms with Gasteiger partial charge >= 0.3 is 0 Å². The molecule has 0 amide bonds. The summed E-state index contributed by atoms with van der Waals surface area (Å²) < 4.78 is 0. The van der Waals surface area contributed by atoms with Gasteiger partial charge in [-0.15, -0.1) is 0 Å². The van der Waals surface area contributed by atoms with Gasteiger partial charge in [0.05, 0.1) is 11.5 Å². The summed E-state index contributed by atoms with van der Waals surface area (Å²) in [5.74, 6) is 0. The van der Waals surface area contributed by atoms with Crippen LogP contribution < -0.4 is 11.5 Å². The second kappa shape index (κ2) is 11.3. The van der Waals surface area contributed by atoms with Gasteiger partial charge < -0.3 is 11.5 Å². The van der Waals surface area contributed by atoms with Gasteiger partial charge in [0, 0.05) is 12.0 Å². The fourth-order valence-corrected chi connectivity index (χ4v) is 4.89. The van der Waals surface area contributed by atoms with Crippen LogP contribution in [0.1, 0.15) is 73.6 Å². The van der Waals surface area contributed by atoms with Crippen LogP contribution in [0, 0.1) is 25.2 Å². The maximum Gasteiger partial charge on any atom is 0.0822 e. The van der Waals surface area contributed by atoms with Crippen molar-refractivity contribution < 1.29 is 0 Å². The molecule has 0 saturated heterocycles. The van der Waals surface area contributed by atoms with Gasteiger partial charge in [0.25, 0.3) is 0 Å². The number of rotatable bonds is 3. The van der Waals surface area contributed by atoms with E-state index in [1.54, 1.807) is 0 Å². The fraction of sp³-hybridized carbons (Fsp3) is 0.519. The van der Waals surface area contributed by atoms with Crippen molar-refractivity contribution in [1.82, 2.24) is 0 Å². The number of aryl methyl sites for hydroxylation is 2. The van der Waals surface area contributed by atoms with E-state index in [4.69, 9.17) is 5.73 Å². The molecule has 2 aliphatic rings. The number of hydrogen-bond donors (Lipinski definition) is 2. The zero-order chi connectivity index (χ0) is 22.0. The van der Waals surface area contributed by atoms with Crippen LogP contribution >= 0.6 is 0 Å². The van der Waals surface area contributed by atoms with Crippen LogP contribution in [0.5, 0.6) is 0 Å². The molecule has 162 valence electrons. The molecule has 3 nitrogen and oxygen atoms in total. The van der Waals surface area contributed by atoms with Crippen molar-refractivity contribution in [1.29, 1.82) is 5.26 Å². The smallest absolute Gasteiger partial charge is 0.0822 e. The maximum absolute atomic E-state index is 9.29. The average molecular weight is 406 g/mol. The molecule has 2 aromatic rings. The Morgan fingerprint density at radius 3 is 1.53 bits per heavy atom. The molecule has 0 heterocycles. The maximum atomic E-state index is 9.29. The first-order valence-corrected chi connectivity index (χ1v) is 11.4. The molecule has 0 unspecified atom stereocenters. The molecule has 2 fully saturated rings. The fourth-order valence-electron chi connectivity index (χ4n) is 4.89. The molecule has 0 atom stereocenters. The van der Waals surface area contributed by atoms with Crippen molar-refractivity contribution in [3.05, 3.63) is 70.8 Å². The van der Waals surface area contributed by atoms with Crippen LogP contribution in [-0.4, -0.2) is 13.6 Å². The van der Waals surface area contributed by atoms with Crippen molar-refractivity contribution in [3.8, 4) is 6.07 Å². The van der Waals surface area contributed by atoms with Crippen molar-refractivity contribution in [2.24, 2.45) is 11.5 Å². The monoisotopic (exact) mass is 405 g/mol. The van der Waals surface area contributed by atoms with E-state index in [9.17, 15) is 5.26 Å². The molecule has 0 radical (unpaired) electrons. The lowest BCUT2D eigenvalue weighted by atomic mass is 9.79. The molecule has 3 heteroatoms. The van der Waals surface area contributed by atoms with Crippen molar-refractivity contribution in [3.63, 3.8) is 0 Å². The first-order chi connectivity index (χ1) is 14.5. The van der Waals surface area contributed by atoms with E-state index in [-0.39, 0.29) is 5.41 Å². The summed E-state index contributed by atoms with van der Waals surface area (Å²) in [5, 5.41) is 9.29. The van der Waals surface area contributed by atoms with E-state index >= 15 is 0 Å². The predicted octanol–water partition coefficient (Wildman–Crippen LogP) is 5.67. The number of nitrogens with two attached hydrogens (primary N) is 2. The molecule has 0 aromatic heterocycles. The van der Waals surface area contributed by atoms with E-state index in [1.165, 1.54) is 67.8 Å². The first-order valence-electron chi connectivity index (χ1n) is 11.4. The van der Waals surface area contributed by atoms with E-state index in [0.717, 1.165) is 19.4 Å². The number of hydrogen-bond acceptors (Lipinski definition) is 3. The van der Waals surface area contributed by atoms with Gasteiger partial charge in [0.15, 0.2) is 0 Å². The van der Waals surface area contributed by atoms with Gasteiger partial charge in [-0.2, -0.15) is 5.26 Å². The average Bonchev–Trinajstić information content (AvgIpc) is 3.48. The van der Waals surface area contributed by atoms with Crippen LogP contribution in [-0.2, 0) is 10.8 Å². The minimum Gasteiger partial charge on any atom is -0.333 e. The Balaban J connectivity index is 0.000000197. The van der Waals surface area contributed by atoms with Crippen LogP contribution in [0.3, 0.4) is 0 Å². The normalized spacial score (nSPS) is 18.4. The first kappa shape index (κ1) is 24.1. The summed E-state index contributed by atoms with van der Waals surface area (Å²) in [7, 11) is 1.50. The molecule has 2 aromatic carbocycles. The minimum absolute atomic E-state index is 0.173. The van der Waals surface area contributed by atoms with Gasteiger partial charge in [-0.25, -0.2) is 0 Å². The Morgan fingerprint density at radius 2 is 1.13 bits per heavy atom. The zero-order valence-corrected chi connectivity index (χ0v) is 19.1. The summed E-state index contributed by atoms with van der Waals surface area (Å²) >= 11 is 0. The van der Waals surface area contributed by atoms with E-state index in [1.807, 2.05) is 0 Å². The standard InChI is InChI=1S/C13H19N.C13H15N.CH5N/c2*1-11-4-6-12(7-5-11)13(10-14)8-2-3-9-13;1-2/h4-7H,2-3,8-10,14H2,1H3;4-7H,2-3,8-9H2,1H3;2H2,1H3. The lowest BCUT2D eigenvalue weighted by molar-refractivity contribution is 0.453. The molecule has 0 aliphatic heterocycles. The minimum atomic E-state index is -0.173. The van der Waals surface area contributed by atoms with Gasteiger partial charge in [-0.3, -0.25) is 0 Å². The number of nitrogens with zero attached hydrogens (tertiary/aromatic N) is 1. The molecule has 4 rings (SSSR count). The highest BCUT2D eigenvalue weighted by Gasteiger charge is 2.35. The lowest BCUT2D eigenvalue weighted by Crippen LogP contribution is -2.31. The Bertz CT molecular complexity index is 787. The number of nitriles is 1. The topological polar surface area (TPSA) is 75.8 Å².